The minimum Gasteiger partial charge on any atom is -0.452 e. The molecule has 1 aromatic carbocycles. The standard InChI is InChI=1S/C20H17ClF2N4O4/c1-11-7-12(2)27(26-11)17-6-3-13(9-24-17)19(29)30-10-18(28)25-14-4-5-16(15(21)8-14)31-20(22)23/h3-9,20H,10H2,1-2H3,(H,25,28). The zero-order chi connectivity index (χ0) is 22.5. The molecule has 3 rings (SSSR count). The van der Waals surface area contributed by atoms with Crippen LogP contribution in [0.3, 0.4) is 0 Å². The van der Waals surface area contributed by atoms with Crippen molar-refractivity contribution in [1.29, 1.82) is 0 Å². The molecule has 11 heteroatoms. The molecule has 3 aromatic rings. The number of hydrogen-bond donors (Lipinski definition) is 1. The van der Waals surface area contributed by atoms with Crippen LogP contribution in [0.1, 0.15) is 21.7 Å². The second-order valence-electron chi connectivity index (χ2n) is 6.39. The number of benzene rings is 1. The maximum absolute atomic E-state index is 12.2. The van der Waals surface area contributed by atoms with Crippen LogP contribution in [-0.4, -0.2) is 39.9 Å². The third-order valence-electron chi connectivity index (χ3n) is 3.98. The third-order valence-corrected chi connectivity index (χ3v) is 4.27. The molecule has 1 amide bonds. The number of esters is 1. The number of aromatic nitrogens is 3. The lowest BCUT2D eigenvalue weighted by Gasteiger charge is -2.10. The number of nitrogens with zero attached hydrogens (tertiary/aromatic N) is 3. The van der Waals surface area contributed by atoms with Crippen LogP contribution in [0.25, 0.3) is 5.82 Å². The van der Waals surface area contributed by atoms with E-state index in [1.807, 2.05) is 19.9 Å². The number of pyridine rings is 1. The van der Waals surface area contributed by atoms with E-state index in [4.69, 9.17) is 16.3 Å². The number of halogens is 3. The summed E-state index contributed by atoms with van der Waals surface area (Å²) < 4.78 is 35.3. The fraction of sp³-hybridized carbons (Fsp3) is 0.200. The Hall–Kier alpha value is -3.53. The molecule has 0 bridgehead atoms. The number of carbonyl (C=O) groups excluding carboxylic acids is 2. The Bertz CT molecular complexity index is 1100. The van der Waals surface area contributed by atoms with E-state index in [1.54, 1.807) is 10.7 Å². The number of alkyl halides is 2. The summed E-state index contributed by atoms with van der Waals surface area (Å²) in [6.45, 7) is 0.161. The first-order valence-corrected chi connectivity index (χ1v) is 9.32. The molecule has 0 fully saturated rings. The number of aryl methyl sites for hydroxylation is 2. The number of carbonyl (C=O) groups is 2. The van der Waals surface area contributed by atoms with Gasteiger partial charge in [-0.3, -0.25) is 4.79 Å². The number of nitrogens with one attached hydrogen (secondary N) is 1. The summed E-state index contributed by atoms with van der Waals surface area (Å²) in [7, 11) is 0. The van der Waals surface area contributed by atoms with Gasteiger partial charge in [-0.05, 0) is 50.2 Å². The van der Waals surface area contributed by atoms with Crippen molar-refractivity contribution in [1.82, 2.24) is 14.8 Å². The summed E-state index contributed by atoms with van der Waals surface area (Å²) in [5, 5.41) is 6.64. The lowest BCUT2D eigenvalue weighted by atomic mass is 10.3. The summed E-state index contributed by atoms with van der Waals surface area (Å²) in [5.41, 5.74) is 2.12. The molecule has 31 heavy (non-hydrogen) atoms. The molecule has 162 valence electrons. The molecule has 0 spiro atoms. The second kappa shape index (κ2) is 9.52. The predicted octanol–water partition coefficient (Wildman–Crippen LogP) is 3.93. The van der Waals surface area contributed by atoms with Crippen molar-refractivity contribution in [3.63, 3.8) is 0 Å². The van der Waals surface area contributed by atoms with Gasteiger partial charge in [0.1, 0.15) is 5.75 Å². The van der Waals surface area contributed by atoms with Crippen LogP contribution < -0.4 is 10.1 Å². The summed E-state index contributed by atoms with van der Waals surface area (Å²) in [6.07, 6.45) is 1.33. The summed E-state index contributed by atoms with van der Waals surface area (Å²) in [4.78, 5) is 28.3. The van der Waals surface area contributed by atoms with Gasteiger partial charge in [0.15, 0.2) is 12.4 Å². The van der Waals surface area contributed by atoms with E-state index in [1.165, 1.54) is 30.5 Å². The Labute approximate surface area is 180 Å². The quantitative estimate of drug-likeness (QED) is 0.548. The van der Waals surface area contributed by atoms with Crippen molar-refractivity contribution in [2.45, 2.75) is 20.5 Å². The minimum atomic E-state index is -3.02. The van der Waals surface area contributed by atoms with Crippen LogP contribution in [0, 0.1) is 13.8 Å². The molecule has 0 atom stereocenters. The normalized spacial score (nSPS) is 10.8. The van der Waals surface area contributed by atoms with E-state index in [2.05, 4.69) is 20.1 Å². The lowest BCUT2D eigenvalue weighted by Crippen LogP contribution is -2.21. The maximum Gasteiger partial charge on any atom is 0.387 e. The predicted molar refractivity (Wildman–Crippen MR) is 108 cm³/mol. The SMILES string of the molecule is Cc1cc(C)n(-c2ccc(C(=O)OCC(=O)Nc3ccc(OC(F)F)c(Cl)c3)cn2)n1. The largest absolute Gasteiger partial charge is 0.452 e. The van der Waals surface area contributed by atoms with Gasteiger partial charge in [0, 0.05) is 17.6 Å². The summed E-state index contributed by atoms with van der Waals surface area (Å²) in [6, 6.07) is 8.77. The number of ether oxygens (including phenoxy) is 2. The average molecular weight is 451 g/mol. The highest BCUT2D eigenvalue weighted by Gasteiger charge is 2.14. The molecule has 2 heterocycles. The van der Waals surface area contributed by atoms with Crippen LogP contribution in [0.2, 0.25) is 5.02 Å². The highest BCUT2D eigenvalue weighted by Crippen LogP contribution is 2.28. The van der Waals surface area contributed by atoms with Gasteiger partial charge >= 0.3 is 12.6 Å². The molecule has 0 radical (unpaired) electrons. The van der Waals surface area contributed by atoms with Crippen molar-refractivity contribution in [3.05, 3.63) is 64.6 Å². The zero-order valence-corrected chi connectivity index (χ0v) is 17.2. The Balaban J connectivity index is 1.55. The third kappa shape index (κ3) is 5.76. The topological polar surface area (TPSA) is 95.3 Å². The molecule has 0 aliphatic heterocycles. The van der Waals surface area contributed by atoms with Gasteiger partial charge < -0.3 is 14.8 Å². The van der Waals surface area contributed by atoms with E-state index in [0.29, 0.717) is 5.82 Å². The average Bonchev–Trinajstić information content (AvgIpc) is 3.06. The summed E-state index contributed by atoms with van der Waals surface area (Å²) in [5.74, 6) is -1.06. The van der Waals surface area contributed by atoms with Crippen molar-refractivity contribution in [2.75, 3.05) is 11.9 Å². The van der Waals surface area contributed by atoms with Crippen molar-refractivity contribution < 1.29 is 27.8 Å². The molecule has 2 aromatic heterocycles. The van der Waals surface area contributed by atoms with Gasteiger partial charge in [-0.25, -0.2) is 14.5 Å². The monoisotopic (exact) mass is 450 g/mol. The highest BCUT2D eigenvalue weighted by molar-refractivity contribution is 6.32. The fourth-order valence-electron chi connectivity index (χ4n) is 2.67. The van der Waals surface area contributed by atoms with Crippen molar-refractivity contribution in [2.24, 2.45) is 0 Å². The van der Waals surface area contributed by atoms with E-state index < -0.39 is 25.1 Å². The Kier molecular flexibility index (Phi) is 6.81. The second-order valence-corrected chi connectivity index (χ2v) is 6.80. The Morgan fingerprint density at radius 3 is 2.55 bits per heavy atom. The molecular weight excluding hydrogens is 434 g/mol. The summed E-state index contributed by atoms with van der Waals surface area (Å²) >= 11 is 5.82. The first-order valence-electron chi connectivity index (χ1n) is 8.94. The lowest BCUT2D eigenvalue weighted by molar-refractivity contribution is -0.119. The number of hydrogen-bond acceptors (Lipinski definition) is 6. The van der Waals surface area contributed by atoms with Crippen LogP contribution in [-0.2, 0) is 9.53 Å². The molecule has 0 saturated carbocycles. The van der Waals surface area contributed by atoms with E-state index in [0.717, 1.165) is 11.4 Å². The number of anilines is 1. The molecule has 1 N–H and O–H groups in total. The van der Waals surface area contributed by atoms with Crippen LogP contribution in [0.15, 0.2) is 42.6 Å². The molecular formula is C20H17ClF2N4O4. The molecule has 0 saturated heterocycles. The fourth-order valence-corrected chi connectivity index (χ4v) is 2.90. The van der Waals surface area contributed by atoms with Gasteiger partial charge in [-0.15, -0.1) is 0 Å². The first-order chi connectivity index (χ1) is 14.7. The van der Waals surface area contributed by atoms with Crippen LogP contribution in [0.5, 0.6) is 5.75 Å². The zero-order valence-electron chi connectivity index (χ0n) is 16.4. The number of amides is 1. The van der Waals surface area contributed by atoms with Crippen molar-refractivity contribution in [3.8, 4) is 11.6 Å². The molecule has 0 aliphatic rings. The number of rotatable bonds is 7. The van der Waals surface area contributed by atoms with E-state index in [-0.39, 0.29) is 22.0 Å². The molecule has 0 unspecified atom stereocenters. The van der Waals surface area contributed by atoms with Crippen molar-refractivity contribution >= 4 is 29.2 Å². The smallest absolute Gasteiger partial charge is 0.387 e. The minimum absolute atomic E-state index is 0.108. The van der Waals surface area contributed by atoms with Crippen LogP contribution >= 0.6 is 11.6 Å². The van der Waals surface area contributed by atoms with Crippen LogP contribution in [0.4, 0.5) is 14.5 Å². The Morgan fingerprint density at radius 2 is 1.97 bits per heavy atom. The van der Waals surface area contributed by atoms with E-state index in [9.17, 15) is 18.4 Å². The molecule has 0 aliphatic carbocycles. The van der Waals surface area contributed by atoms with Gasteiger partial charge in [0.25, 0.3) is 5.91 Å². The maximum atomic E-state index is 12.2. The first kappa shape index (κ1) is 22.2. The Morgan fingerprint density at radius 1 is 1.19 bits per heavy atom. The van der Waals surface area contributed by atoms with Gasteiger partial charge in [0.2, 0.25) is 0 Å². The van der Waals surface area contributed by atoms with Gasteiger partial charge in [-0.1, -0.05) is 11.6 Å². The van der Waals surface area contributed by atoms with E-state index >= 15 is 0 Å². The highest BCUT2D eigenvalue weighted by atomic mass is 35.5. The van der Waals surface area contributed by atoms with Gasteiger partial charge in [0.05, 0.1) is 16.3 Å². The molecule has 8 nitrogen and oxygen atoms in total. The van der Waals surface area contributed by atoms with Gasteiger partial charge in [-0.2, -0.15) is 13.9 Å².